The van der Waals surface area contributed by atoms with Gasteiger partial charge in [0, 0.05) is 43.9 Å². The van der Waals surface area contributed by atoms with Gasteiger partial charge >= 0.3 is 12.4 Å². The Bertz CT molecular complexity index is 1360. The van der Waals surface area contributed by atoms with Crippen LogP contribution >= 0.6 is 11.6 Å². The number of fused-ring (bicyclic) bond motifs is 1. The lowest BCUT2D eigenvalue weighted by Crippen LogP contribution is -2.29. The van der Waals surface area contributed by atoms with Crippen LogP contribution in [0.1, 0.15) is 42.1 Å². The minimum Gasteiger partial charge on any atom is -0.355 e. The number of pyridine rings is 2. The van der Waals surface area contributed by atoms with Crippen molar-refractivity contribution in [2.75, 3.05) is 34.8 Å². The highest BCUT2D eigenvalue weighted by atomic mass is 35.5. The quantitative estimate of drug-likeness (QED) is 0.291. The summed E-state index contributed by atoms with van der Waals surface area (Å²) in [6.07, 6.45) is -5.41. The molecule has 5 rings (SSSR count). The molecule has 0 bridgehead atoms. The summed E-state index contributed by atoms with van der Waals surface area (Å²) in [5, 5.41) is 2.29. The van der Waals surface area contributed by atoms with Crippen LogP contribution in [0.2, 0.25) is 5.15 Å². The molecule has 39 heavy (non-hydrogen) atoms. The Morgan fingerprint density at radius 3 is 2.33 bits per heavy atom. The van der Waals surface area contributed by atoms with Gasteiger partial charge in [-0.05, 0) is 50.5 Å². The molecule has 2 aliphatic heterocycles. The van der Waals surface area contributed by atoms with Crippen LogP contribution in [0.5, 0.6) is 0 Å². The lowest BCUT2D eigenvalue weighted by Gasteiger charge is -2.24. The number of rotatable bonds is 4. The zero-order valence-electron chi connectivity index (χ0n) is 20.7. The van der Waals surface area contributed by atoms with E-state index < -0.39 is 28.6 Å². The topological polar surface area (TPSA) is 70.1 Å². The molecular weight excluding hydrogens is 548 g/mol. The molecule has 0 spiro atoms. The summed E-state index contributed by atoms with van der Waals surface area (Å²) in [4.78, 5) is 21.0. The van der Waals surface area contributed by atoms with E-state index in [4.69, 9.17) is 21.6 Å². The van der Waals surface area contributed by atoms with Crippen LogP contribution in [0.4, 0.5) is 49.7 Å². The van der Waals surface area contributed by atoms with Gasteiger partial charge < -0.3 is 15.1 Å². The molecule has 1 unspecified atom stereocenters. The first-order valence-electron chi connectivity index (χ1n) is 12.4. The monoisotopic (exact) mass is 571 g/mol. The van der Waals surface area contributed by atoms with E-state index in [9.17, 15) is 26.3 Å². The summed E-state index contributed by atoms with van der Waals surface area (Å²) in [5.74, 6) is 0.669. The number of halogens is 7. The third-order valence-electron chi connectivity index (χ3n) is 6.93. The van der Waals surface area contributed by atoms with Crippen LogP contribution in [0, 0.1) is 0 Å². The van der Waals surface area contributed by atoms with Crippen LogP contribution < -0.4 is 15.1 Å². The summed E-state index contributed by atoms with van der Waals surface area (Å²) in [5.41, 5.74) is -0.591. The van der Waals surface area contributed by atoms with Gasteiger partial charge in [-0.2, -0.15) is 31.3 Å². The molecule has 208 valence electrons. The van der Waals surface area contributed by atoms with E-state index in [1.54, 1.807) is 4.90 Å². The Morgan fingerprint density at radius 1 is 0.923 bits per heavy atom. The predicted octanol–water partition coefficient (Wildman–Crippen LogP) is 6.30. The molecule has 0 aliphatic carbocycles. The number of hydrogen-bond acceptors (Lipinski definition) is 7. The first-order chi connectivity index (χ1) is 18.4. The maximum atomic E-state index is 13.7. The van der Waals surface area contributed by atoms with Crippen molar-refractivity contribution in [1.29, 1.82) is 0 Å². The smallest absolute Gasteiger partial charge is 0.355 e. The number of nitrogens with zero attached hydrogens (tertiary/aromatic N) is 6. The molecule has 3 aromatic heterocycles. The van der Waals surface area contributed by atoms with Gasteiger partial charge in [-0.25, -0.2) is 15.0 Å². The normalized spacial score (nSPS) is 18.2. The SMILES string of the molecule is CC1CCCN1c1nc2c(c(Nc3ccc(C(F)(F)F)c(Cl)n3)n1)CCN(c1ncccc1C(F)(F)F)CC2. The van der Waals surface area contributed by atoms with E-state index in [0.717, 1.165) is 37.6 Å². The van der Waals surface area contributed by atoms with Gasteiger partial charge in [0.25, 0.3) is 0 Å². The first-order valence-corrected chi connectivity index (χ1v) is 12.7. The Kier molecular flexibility index (Phi) is 7.21. The summed E-state index contributed by atoms with van der Waals surface area (Å²) in [6.45, 7) is 3.22. The minimum atomic E-state index is -4.65. The Hall–Kier alpha value is -3.35. The van der Waals surface area contributed by atoms with Gasteiger partial charge in [0.05, 0.1) is 16.8 Å². The highest BCUT2D eigenvalue weighted by molar-refractivity contribution is 6.30. The van der Waals surface area contributed by atoms with E-state index in [1.165, 1.54) is 12.3 Å². The fraction of sp³-hybridized carbons (Fsp3) is 0.440. The number of alkyl halides is 6. The van der Waals surface area contributed by atoms with Crippen LogP contribution in [0.3, 0.4) is 0 Å². The van der Waals surface area contributed by atoms with Crippen LogP contribution in [0.15, 0.2) is 30.5 Å². The number of hydrogen-bond donors (Lipinski definition) is 1. The number of anilines is 4. The van der Waals surface area contributed by atoms with Gasteiger partial charge in [0.1, 0.15) is 22.6 Å². The molecule has 0 amide bonds. The standard InChI is InChI=1S/C25H24ClF6N7/c1-14-4-3-11-39(14)23-34-18-9-13-38(22-17(25(30,31)32)5-2-10-33-22)12-8-15(18)21(37-23)36-19-7-6-16(20(26)35-19)24(27,28)29/h2,5-7,10,14H,3-4,8-9,11-13H2,1H3,(H,34,35,36,37). The van der Waals surface area contributed by atoms with Crippen molar-refractivity contribution < 1.29 is 26.3 Å². The maximum absolute atomic E-state index is 13.7. The Balaban J connectivity index is 1.51. The lowest BCUT2D eigenvalue weighted by molar-refractivity contribution is -0.138. The summed E-state index contributed by atoms with van der Waals surface area (Å²) >= 11 is 5.82. The molecule has 0 saturated carbocycles. The average Bonchev–Trinajstić information content (AvgIpc) is 3.17. The molecule has 7 nitrogen and oxygen atoms in total. The molecule has 1 saturated heterocycles. The largest absolute Gasteiger partial charge is 0.419 e. The fourth-order valence-electron chi connectivity index (χ4n) is 4.97. The van der Waals surface area contributed by atoms with Gasteiger partial charge in [-0.3, -0.25) is 0 Å². The second-order valence-electron chi connectivity index (χ2n) is 9.50. The highest BCUT2D eigenvalue weighted by Crippen LogP contribution is 2.38. The van der Waals surface area contributed by atoms with E-state index >= 15 is 0 Å². The predicted molar refractivity (Wildman–Crippen MR) is 134 cm³/mol. The molecule has 14 heteroatoms. The highest BCUT2D eigenvalue weighted by Gasteiger charge is 2.37. The molecular formula is C25H24ClF6N7. The molecule has 0 aromatic carbocycles. The van der Waals surface area contributed by atoms with Crippen LogP contribution in [-0.4, -0.2) is 45.6 Å². The molecule has 3 aromatic rings. The number of aromatic nitrogens is 4. The first kappa shape index (κ1) is 27.2. The van der Waals surface area contributed by atoms with Crippen molar-refractivity contribution in [2.24, 2.45) is 0 Å². The van der Waals surface area contributed by atoms with Crippen molar-refractivity contribution in [3.05, 3.63) is 58.0 Å². The summed E-state index contributed by atoms with van der Waals surface area (Å²) < 4.78 is 80.5. The summed E-state index contributed by atoms with van der Waals surface area (Å²) in [7, 11) is 0. The lowest BCUT2D eigenvalue weighted by atomic mass is 10.1. The van der Waals surface area contributed by atoms with Crippen molar-refractivity contribution >= 4 is 35.0 Å². The average molecular weight is 572 g/mol. The van der Waals surface area contributed by atoms with Crippen LogP contribution in [-0.2, 0) is 25.2 Å². The fourth-order valence-corrected chi connectivity index (χ4v) is 5.23. The van der Waals surface area contributed by atoms with Gasteiger partial charge in [0.15, 0.2) is 0 Å². The molecule has 1 atom stereocenters. The van der Waals surface area contributed by atoms with Crippen molar-refractivity contribution in [3.63, 3.8) is 0 Å². The van der Waals surface area contributed by atoms with Crippen molar-refractivity contribution in [2.45, 2.75) is 51.0 Å². The zero-order chi connectivity index (χ0) is 27.9. The summed E-state index contributed by atoms with van der Waals surface area (Å²) in [6, 6.07) is 4.42. The van der Waals surface area contributed by atoms with Gasteiger partial charge in [-0.1, -0.05) is 11.6 Å². The molecule has 1 N–H and O–H groups in total. The Morgan fingerprint density at radius 2 is 1.67 bits per heavy atom. The third-order valence-corrected chi connectivity index (χ3v) is 7.22. The third kappa shape index (κ3) is 5.68. The van der Waals surface area contributed by atoms with Gasteiger partial charge in [0.2, 0.25) is 5.95 Å². The van der Waals surface area contributed by atoms with E-state index in [0.29, 0.717) is 29.4 Å². The second kappa shape index (κ2) is 10.3. The zero-order valence-corrected chi connectivity index (χ0v) is 21.5. The van der Waals surface area contributed by atoms with Crippen molar-refractivity contribution in [1.82, 2.24) is 19.9 Å². The van der Waals surface area contributed by atoms with Crippen LogP contribution in [0.25, 0.3) is 0 Å². The van der Waals surface area contributed by atoms with E-state index in [-0.39, 0.29) is 37.2 Å². The Labute approximate surface area is 225 Å². The minimum absolute atomic E-state index is 0.0551. The molecule has 0 radical (unpaired) electrons. The van der Waals surface area contributed by atoms with Crippen molar-refractivity contribution in [3.8, 4) is 0 Å². The molecule has 1 fully saturated rings. The second-order valence-corrected chi connectivity index (χ2v) is 9.86. The maximum Gasteiger partial charge on any atom is 0.419 e. The molecule has 5 heterocycles. The van der Waals surface area contributed by atoms with Gasteiger partial charge in [-0.15, -0.1) is 0 Å². The van der Waals surface area contributed by atoms with E-state index in [1.807, 2.05) is 11.8 Å². The van der Waals surface area contributed by atoms with E-state index in [2.05, 4.69) is 15.3 Å². The number of nitrogens with one attached hydrogen (secondary N) is 1. The molecule has 2 aliphatic rings.